The van der Waals surface area contributed by atoms with Gasteiger partial charge in [0.2, 0.25) is 11.0 Å². The first-order chi connectivity index (χ1) is 11.0. The highest BCUT2D eigenvalue weighted by molar-refractivity contribution is 7.15. The summed E-state index contributed by atoms with van der Waals surface area (Å²) < 4.78 is 13.0. The molecule has 0 saturated carbocycles. The summed E-state index contributed by atoms with van der Waals surface area (Å²) in [6.45, 7) is 2.01. The highest BCUT2D eigenvalue weighted by atomic mass is 32.1. The van der Waals surface area contributed by atoms with E-state index in [0.717, 1.165) is 36.1 Å². The Bertz CT molecular complexity index is 760. The van der Waals surface area contributed by atoms with Gasteiger partial charge in [0.25, 0.3) is 5.69 Å². The second-order valence-electron chi connectivity index (χ2n) is 4.53. The third-order valence-corrected chi connectivity index (χ3v) is 3.66. The molecule has 2 rings (SSSR count). The molecule has 1 aromatic heterocycles. The molecule has 2 aromatic rings. The SMILES string of the molecule is CCCc1nnc(NC(=O)/C=C/c2ccc(F)cc2[N+](=O)[O-])s1. The number of nitro benzene ring substituents is 1. The van der Waals surface area contributed by atoms with Crippen LogP contribution in [0.3, 0.4) is 0 Å². The maximum atomic E-state index is 13.0. The third kappa shape index (κ3) is 4.65. The Morgan fingerprint density at radius 3 is 2.96 bits per heavy atom. The van der Waals surface area contributed by atoms with Gasteiger partial charge >= 0.3 is 0 Å². The lowest BCUT2D eigenvalue weighted by molar-refractivity contribution is -0.385. The van der Waals surface area contributed by atoms with Crippen molar-refractivity contribution < 1.29 is 14.1 Å². The Kier molecular flexibility index (Phi) is 5.47. The number of rotatable bonds is 6. The predicted molar refractivity (Wildman–Crippen MR) is 84.6 cm³/mol. The van der Waals surface area contributed by atoms with Crippen LogP contribution in [0.1, 0.15) is 23.9 Å². The fraction of sp³-hybridized carbons (Fsp3) is 0.214. The maximum absolute atomic E-state index is 13.0. The summed E-state index contributed by atoms with van der Waals surface area (Å²) in [5.41, 5.74) is -0.273. The monoisotopic (exact) mass is 336 g/mol. The maximum Gasteiger partial charge on any atom is 0.279 e. The molecule has 1 heterocycles. The standard InChI is InChI=1S/C14H13FN4O3S/c1-2-3-13-17-18-14(23-13)16-12(20)7-5-9-4-6-10(15)8-11(9)19(21)22/h4-8H,2-3H2,1H3,(H,16,18,20)/b7-5+. The van der Waals surface area contributed by atoms with Crippen molar-refractivity contribution in [2.45, 2.75) is 19.8 Å². The smallest absolute Gasteiger partial charge is 0.279 e. The van der Waals surface area contributed by atoms with Gasteiger partial charge in [0.15, 0.2) is 0 Å². The van der Waals surface area contributed by atoms with Crippen LogP contribution in [0.15, 0.2) is 24.3 Å². The van der Waals surface area contributed by atoms with Gasteiger partial charge in [0.1, 0.15) is 10.8 Å². The number of carbonyl (C=O) groups excluding carboxylic acids is 1. The summed E-state index contributed by atoms with van der Waals surface area (Å²) >= 11 is 1.27. The first-order valence-electron chi connectivity index (χ1n) is 6.75. The van der Waals surface area contributed by atoms with E-state index in [1.54, 1.807) is 0 Å². The molecular formula is C14H13FN4O3S. The van der Waals surface area contributed by atoms with E-state index in [9.17, 15) is 19.3 Å². The minimum absolute atomic E-state index is 0.135. The zero-order chi connectivity index (χ0) is 16.8. The number of halogens is 1. The molecule has 0 saturated heterocycles. The van der Waals surface area contributed by atoms with Crippen LogP contribution >= 0.6 is 11.3 Å². The van der Waals surface area contributed by atoms with E-state index in [1.165, 1.54) is 23.5 Å². The molecule has 0 fully saturated rings. The number of nitrogens with zero attached hydrogens (tertiary/aromatic N) is 3. The van der Waals surface area contributed by atoms with E-state index < -0.39 is 22.3 Å². The summed E-state index contributed by atoms with van der Waals surface area (Å²) in [6, 6.07) is 3.13. The first-order valence-corrected chi connectivity index (χ1v) is 7.56. The molecule has 0 unspecified atom stereocenters. The highest BCUT2D eigenvalue weighted by Crippen LogP contribution is 2.21. The van der Waals surface area contributed by atoms with Crippen molar-refractivity contribution >= 4 is 34.1 Å². The van der Waals surface area contributed by atoms with Crippen molar-refractivity contribution in [3.63, 3.8) is 0 Å². The number of anilines is 1. The second kappa shape index (κ2) is 7.54. The Morgan fingerprint density at radius 1 is 1.48 bits per heavy atom. The van der Waals surface area contributed by atoms with Gasteiger partial charge in [-0.1, -0.05) is 18.3 Å². The number of hydrogen-bond acceptors (Lipinski definition) is 6. The average Bonchev–Trinajstić information content (AvgIpc) is 2.93. The van der Waals surface area contributed by atoms with Crippen LogP contribution in [0, 0.1) is 15.9 Å². The number of aryl methyl sites for hydroxylation is 1. The van der Waals surface area contributed by atoms with E-state index in [-0.39, 0.29) is 5.56 Å². The highest BCUT2D eigenvalue weighted by Gasteiger charge is 2.13. The molecule has 1 amide bonds. The van der Waals surface area contributed by atoms with E-state index in [2.05, 4.69) is 15.5 Å². The molecule has 9 heteroatoms. The van der Waals surface area contributed by atoms with E-state index >= 15 is 0 Å². The van der Waals surface area contributed by atoms with E-state index in [1.807, 2.05) is 6.92 Å². The molecular weight excluding hydrogens is 323 g/mol. The molecule has 7 nitrogen and oxygen atoms in total. The Balaban J connectivity index is 2.07. The Morgan fingerprint density at radius 2 is 2.26 bits per heavy atom. The summed E-state index contributed by atoms with van der Waals surface area (Å²) in [4.78, 5) is 22.0. The Hall–Kier alpha value is -2.68. The van der Waals surface area contributed by atoms with Crippen LogP contribution in [0.25, 0.3) is 6.08 Å². The summed E-state index contributed by atoms with van der Waals surface area (Å²) in [6.07, 6.45) is 4.09. The van der Waals surface area contributed by atoms with Gasteiger partial charge in [0, 0.05) is 12.5 Å². The molecule has 0 spiro atoms. The van der Waals surface area contributed by atoms with Gasteiger partial charge in [-0.15, -0.1) is 10.2 Å². The molecule has 120 valence electrons. The molecule has 1 N–H and O–H groups in total. The van der Waals surface area contributed by atoms with Crippen molar-refractivity contribution in [2.24, 2.45) is 0 Å². The summed E-state index contributed by atoms with van der Waals surface area (Å²) in [5, 5.41) is 22.3. The quantitative estimate of drug-likeness (QED) is 0.496. The minimum atomic E-state index is -0.712. The topological polar surface area (TPSA) is 98.0 Å². The number of carbonyl (C=O) groups is 1. The average molecular weight is 336 g/mol. The molecule has 0 radical (unpaired) electrons. The van der Waals surface area contributed by atoms with E-state index in [0.29, 0.717) is 5.13 Å². The van der Waals surface area contributed by atoms with Gasteiger partial charge in [-0.25, -0.2) is 4.39 Å². The van der Waals surface area contributed by atoms with Crippen LogP contribution in [-0.2, 0) is 11.2 Å². The van der Waals surface area contributed by atoms with Crippen molar-refractivity contribution in [3.05, 3.63) is 50.8 Å². The van der Waals surface area contributed by atoms with Crippen LogP contribution in [0.4, 0.5) is 15.2 Å². The summed E-state index contributed by atoms with van der Waals surface area (Å²) in [7, 11) is 0. The molecule has 0 aliphatic heterocycles. The number of aromatic nitrogens is 2. The zero-order valence-electron chi connectivity index (χ0n) is 12.2. The van der Waals surface area contributed by atoms with Gasteiger partial charge < -0.3 is 0 Å². The number of nitrogens with one attached hydrogen (secondary N) is 1. The van der Waals surface area contributed by atoms with Crippen molar-refractivity contribution in [2.75, 3.05) is 5.32 Å². The normalized spacial score (nSPS) is 10.9. The van der Waals surface area contributed by atoms with Crippen LogP contribution in [0.2, 0.25) is 0 Å². The van der Waals surface area contributed by atoms with Crippen molar-refractivity contribution in [1.82, 2.24) is 10.2 Å². The van der Waals surface area contributed by atoms with Gasteiger partial charge in [-0.3, -0.25) is 20.2 Å². The number of hydrogen-bond donors (Lipinski definition) is 1. The molecule has 23 heavy (non-hydrogen) atoms. The molecule has 0 aliphatic carbocycles. The van der Waals surface area contributed by atoms with Gasteiger partial charge in [-0.2, -0.15) is 0 Å². The van der Waals surface area contributed by atoms with Gasteiger partial charge in [0.05, 0.1) is 16.6 Å². The molecule has 0 aliphatic rings. The first kappa shape index (κ1) is 16.7. The number of nitro groups is 1. The minimum Gasteiger partial charge on any atom is -0.297 e. The van der Waals surface area contributed by atoms with E-state index in [4.69, 9.17) is 0 Å². The van der Waals surface area contributed by atoms with Crippen LogP contribution < -0.4 is 5.32 Å². The molecule has 0 bridgehead atoms. The fourth-order valence-electron chi connectivity index (χ4n) is 1.75. The third-order valence-electron chi connectivity index (χ3n) is 2.76. The zero-order valence-corrected chi connectivity index (χ0v) is 13.0. The lowest BCUT2D eigenvalue weighted by Gasteiger charge is -1.98. The summed E-state index contributed by atoms with van der Waals surface area (Å²) in [5.74, 6) is -1.21. The molecule has 1 aromatic carbocycles. The fourth-order valence-corrected chi connectivity index (χ4v) is 2.59. The van der Waals surface area contributed by atoms with Crippen LogP contribution in [-0.4, -0.2) is 21.0 Å². The van der Waals surface area contributed by atoms with Crippen molar-refractivity contribution in [1.29, 1.82) is 0 Å². The predicted octanol–water partition coefficient (Wildman–Crippen LogP) is 3.19. The number of benzene rings is 1. The van der Waals surface area contributed by atoms with Crippen LogP contribution in [0.5, 0.6) is 0 Å². The lowest BCUT2D eigenvalue weighted by Crippen LogP contribution is -2.07. The lowest BCUT2D eigenvalue weighted by atomic mass is 10.1. The Labute approximate surface area is 135 Å². The number of amides is 1. The molecule has 0 atom stereocenters. The second-order valence-corrected chi connectivity index (χ2v) is 5.60. The van der Waals surface area contributed by atoms with Crippen molar-refractivity contribution in [3.8, 4) is 0 Å². The van der Waals surface area contributed by atoms with Gasteiger partial charge in [-0.05, 0) is 24.6 Å². The largest absolute Gasteiger partial charge is 0.297 e.